The molecule has 2 amide bonds. The van der Waals surface area contributed by atoms with Gasteiger partial charge in [-0.2, -0.15) is 0 Å². The third-order valence-corrected chi connectivity index (χ3v) is 1.98. The maximum absolute atomic E-state index is 11.4. The minimum atomic E-state index is -0.413. The number of carbonyl (C=O) groups excluding carboxylic acids is 2. The van der Waals surface area contributed by atoms with Gasteiger partial charge < -0.3 is 0 Å². The standard InChI is InChI=1S/C12H17NO2/c1-6-8(2)7-9(3)10(4)12(15)13-11(5)14/h6-7,10H,1,3H2,2,4-5H3,(H,13,14,15)/b8-7-. The van der Waals surface area contributed by atoms with Crippen molar-refractivity contribution >= 4 is 11.8 Å². The highest BCUT2D eigenvalue weighted by Gasteiger charge is 2.15. The van der Waals surface area contributed by atoms with Gasteiger partial charge in [0.25, 0.3) is 0 Å². The second kappa shape index (κ2) is 5.96. The van der Waals surface area contributed by atoms with Crippen molar-refractivity contribution in [2.45, 2.75) is 20.8 Å². The maximum atomic E-state index is 11.4. The van der Waals surface area contributed by atoms with Gasteiger partial charge in [-0.1, -0.05) is 30.9 Å². The minimum Gasteiger partial charge on any atom is -0.296 e. The van der Waals surface area contributed by atoms with E-state index in [2.05, 4.69) is 18.5 Å². The molecular formula is C12H17NO2. The predicted octanol–water partition coefficient (Wildman–Crippen LogP) is 1.97. The Hall–Kier alpha value is -1.64. The smallest absolute Gasteiger partial charge is 0.233 e. The summed E-state index contributed by atoms with van der Waals surface area (Å²) in [7, 11) is 0. The topological polar surface area (TPSA) is 46.2 Å². The Bertz CT molecular complexity index is 327. The third-order valence-electron chi connectivity index (χ3n) is 1.98. The summed E-state index contributed by atoms with van der Waals surface area (Å²) in [4.78, 5) is 22.1. The maximum Gasteiger partial charge on any atom is 0.233 e. The Morgan fingerprint density at radius 2 is 1.87 bits per heavy atom. The van der Waals surface area contributed by atoms with Gasteiger partial charge in [0.1, 0.15) is 0 Å². The lowest BCUT2D eigenvalue weighted by Crippen LogP contribution is -2.33. The van der Waals surface area contributed by atoms with Gasteiger partial charge in [0, 0.05) is 6.92 Å². The quantitative estimate of drug-likeness (QED) is 0.716. The minimum absolute atomic E-state index is 0.333. The Morgan fingerprint density at radius 1 is 1.33 bits per heavy atom. The van der Waals surface area contributed by atoms with Gasteiger partial charge in [-0.25, -0.2) is 0 Å². The molecule has 3 heteroatoms. The second-order valence-electron chi connectivity index (χ2n) is 3.43. The van der Waals surface area contributed by atoms with E-state index in [0.29, 0.717) is 5.57 Å². The van der Waals surface area contributed by atoms with Crippen LogP contribution in [0.3, 0.4) is 0 Å². The lowest BCUT2D eigenvalue weighted by Gasteiger charge is -2.10. The molecule has 0 aromatic carbocycles. The number of nitrogens with one attached hydrogen (secondary N) is 1. The molecule has 0 aromatic rings. The molecule has 1 atom stereocenters. The van der Waals surface area contributed by atoms with Crippen LogP contribution in [-0.4, -0.2) is 11.8 Å². The lowest BCUT2D eigenvalue weighted by molar-refractivity contribution is -0.130. The molecule has 15 heavy (non-hydrogen) atoms. The number of carbonyl (C=O) groups is 2. The molecule has 0 fully saturated rings. The monoisotopic (exact) mass is 207 g/mol. The van der Waals surface area contributed by atoms with Crippen molar-refractivity contribution in [2.24, 2.45) is 5.92 Å². The Kier molecular flexibility index (Phi) is 5.31. The first-order valence-corrected chi connectivity index (χ1v) is 4.69. The molecule has 0 aliphatic heterocycles. The average Bonchev–Trinajstić information content (AvgIpc) is 2.15. The fourth-order valence-electron chi connectivity index (χ4n) is 0.926. The molecule has 3 nitrogen and oxygen atoms in total. The van der Waals surface area contributed by atoms with Crippen LogP contribution in [0.25, 0.3) is 0 Å². The first-order chi connectivity index (χ1) is 6.88. The van der Waals surface area contributed by atoms with Gasteiger partial charge in [0.05, 0.1) is 5.92 Å². The summed E-state index contributed by atoms with van der Waals surface area (Å²) in [6.07, 6.45) is 3.46. The van der Waals surface area contributed by atoms with Gasteiger partial charge >= 0.3 is 0 Å². The first-order valence-electron chi connectivity index (χ1n) is 4.69. The molecule has 1 N–H and O–H groups in total. The van der Waals surface area contributed by atoms with Crippen LogP contribution >= 0.6 is 0 Å². The molecule has 0 spiro atoms. The van der Waals surface area contributed by atoms with Gasteiger partial charge in [0.15, 0.2) is 0 Å². The van der Waals surface area contributed by atoms with Crippen LogP contribution in [0.15, 0.2) is 36.5 Å². The Morgan fingerprint density at radius 3 is 2.27 bits per heavy atom. The fourth-order valence-corrected chi connectivity index (χ4v) is 0.926. The zero-order valence-corrected chi connectivity index (χ0v) is 9.46. The summed E-state index contributed by atoms with van der Waals surface area (Å²) in [5, 5.41) is 2.22. The fraction of sp³-hybridized carbons (Fsp3) is 0.333. The van der Waals surface area contributed by atoms with Crippen molar-refractivity contribution in [2.75, 3.05) is 0 Å². The number of allylic oxidation sites excluding steroid dienone is 3. The normalized spacial score (nSPS) is 12.9. The highest BCUT2D eigenvalue weighted by Crippen LogP contribution is 2.12. The van der Waals surface area contributed by atoms with Crippen molar-refractivity contribution in [3.8, 4) is 0 Å². The molecule has 0 rings (SSSR count). The van der Waals surface area contributed by atoms with E-state index in [0.717, 1.165) is 5.57 Å². The predicted molar refractivity (Wildman–Crippen MR) is 61.1 cm³/mol. The van der Waals surface area contributed by atoms with E-state index in [1.165, 1.54) is 6.92 Å². The average molecular weight is 207 g/mol. The molecule has 0 radical (unpaired) electrons. The van der Waals surface area contributed by atoms with Crippen LogP contribution in [0.1, 0.15) is 20.8 Å². The number of hydrogen-bond donors (Lipinski definition) is 1. The van der Waals surface area contributed by atoms with Crippen LogP contribution in [0.4, 0.5) is 0 Å². The van der Waals surface area contributed by atoms with Gasteiger partial charge in [-0.15, -0.1) is 0 Å². The van der Waals surface area contributed by atoms with Crippen molar-refractivity contribution in [3.05, 3.63) is 36.5 Å². The van der Waals surface area contributed by atoms with Gasteiger partial charge in [0.2, 0.25) is 11.8 Å². The largest absolute Gasteiger partial charge is 0.296 e. The lowest BCUT2D eigenvalue weighted by atomic mass is 9.99. The molecule has 1 unspecified atom stereocenters. The zero-order chi connectivity index (χ0) is 12.0. The highest BCUT2D eigenvalue weighted by molar-refractivity contribution is 5.96. The number of imide groups is 1. The van der Waals surface area contributed by atoms with E-state index >= 15 is 0 Å². The van der Waals surface area contributed by atoms with Crippen LogP contribution in [-0.2, 0) is 9.59 Å². The molecule has 0 aliphatic carbocycles. The van der Waals surface area contributed by atoms with E-state index in [1.807, 2.05) is 6.92 Å². The molecule has 0 aliphatic rings. The van der Waals surface area contributed by atoms with E-state index in [-0.39, 0.29) is 11.8 Å². The van der Waals surface area contributed by atoms with Crippen LogP contribution in [0.2, 0.25) is 0 Å². The van der Waals surface area contributed by atoms with Crippen LogP contribution < -0.4 is 5.32 Å². The van der Waals surface area contributed by atoms with Crippen LogP contribution in [0, 0.1) is 5.92 Å². The summed E-state index contributed by atoms with van der Waals surface area (Å²) >= 11 is 0. The molecule has 0 saturated heterocycles. The van der Waals surface area contributed by atoms with Crippen LogP contribution in [0.5, 0.6) is 0 Å². The van der Waals surface area contributed by atoms with Gasteiger partial charge in [-0.3, -0.25) is 14.9 Å². The van der Waals surface area contributed by atoms with Crippen molar-refractivity contribution in [3.63, 3.8) is 0 Å². The molecule has 0 aromatic heterocycles. The highest BCUT2D eigenvalue weighted by atomic mass is 16.2. The number of rotatable bonds is 4. The molecule has 0 heterocycles. The molecule has 0 saturated carbocycles. The summed E-state index contributed by atoms with van der Waals surface area (Å²) in [6, 6.07) is 0. The Labute approximate surface area is 90.6 Å². The van der Waals surface area contributed by atoms with E-state index in [1.54, 1.807) is 19.1 Å². The summed E-state index contributed by atoms with van der Waals surface area (Å²) < 4.78 is 0. The second-order valence-corrected chi connectivity index (χ2v) is 3.43. The van der Waals surface area contributed by atoms with Gasteiger partial charge in [-0.05, 0) is 19.4 Å². The van der Waals surface area contributed by atoms with Crippen molar-refractivity contribution < 1.29 is 9.59 Å². The number of amides is 2. The first kappa shape index (κ1) is 13.4. The molecular weight excluding hydrogens is 190 g/mol. The molecule has 82 valence electrons. The van der Waals surface area contributed by atoms with Crippen molar-refractivity contribution in [1.82, 2.24) is 5.32 Å². The van der Waals surface area contributed by atoms with E-state index in [4.69, 9.17) is 0 Å². The third kappa shape index (κ3) is 4.96. The summed E-state index contributed by atoms with van der Waals surface area (Å²) in [5.74, 6) is -1.10. The van der Waals surface area contributed by atoms with E-state index < -0.39 is 5.92 Å². The van der Waals surface area contributed by atoms with Crippen molar-refractivity contribution in [1.29, 1.82) is 0 Å². The Balaban J connectivity index is 4.51. The summed E-state index contributed by atoms with van der Waals surface area (Å²) in [5.41, 5.74) is 1.59. The zero-order valence-electron chi connectivity index (χ0n) is 9.46. The molecule has 0 bridgehead atoms. The number of hydrogen-bond acceptors (Lipinski definition) is 2. The van der Waals surface area contributed by atoms with E-state index in [9.17, 15) is 9.59 Å². The SMILES string of the molecule is C=C/C(C)=C\C(=C)C(C)C(=O)NC(C)=O. The summed E-state index contributed by atoms with van der Waals surface area (Å²) in [6.45, 7) is 12.3.